The maximum Gasteiger partial charge on any atom is 0.232 e. The third-order valence-corrected chi connectivity index (χ3v) is 8.51. The third kappa shape index (κ3) is 25.1. The quantitative estimate of drug-likeness (QED) is 0.0670. The summed E-state index contributed by atoms with van der Waals surface area (Å²) in [6, 6.07) is -0.560. The molecule has 0 aromatic carbocycles. The van der Waals surface area contributed by atoms with Crippen LogP contribution in [0.5, 0.6) is 0 Å². The second-order valence-electron chi connectivity index (χ2n) is 13.4. The smallest absolute Gasteiger partial charge is 0.232 e. The average Bonchev–Trinajstić information content (AvgIpc) is 3.40. The lowest BCUT2D eigenvalue weighted by atomic mass is 9.89. The molecule has 0 radical (unpaired) electrons. The van der Waals surface area contributed by atoms with Crippen molar-refractivity contribution in [3.05, 3.63) is 0 Å². The summed E-state index contributed by atoms with van der Waals surface area (Å²) in [5, 5.41) is 5.43. The van der Waals surface area contributed by atoms with E-state index in [0.29, 0.717) is 112 Å². The fourth-order valence-corrected chi connectivity index (χ4v) is 5.16. The van der Waals surface area contributed by atoms with Gasteiger partial charge in [-0.25, -0.2) is 0 Å². The molecule has 0 bridgehead atoms. The van der Waals surface area contributed by atoms with Gasteiger partial charge in [0.25, 0.3) is 0 Å². The molecule has 0 aromatic heterocycles. The summed E-state index contributed by atoms with van der Waals surface area (Å²) in [5.74, 6) is -1.88. The number of carbonyl (C=O) groups is 6. The van der Waals surface area contributed by atoms with E-state index >= 15 is 0 Å². The van der Waals surface area contributed by atoms with E-state index in [9.17, 15) is 28.8 Å². The average molecular weight is 790 g/mol. The van der Waals surface area contributed by atoms with E-state index in [1.54, 1.807) is 20.8 Å². The number of likely N-dealkylation sites (tertiary alicyclic amines) is 1. The minimum atomic E-state index is -0.560. The van der Waals surface area contributed by atoms with Crippen molar-refractivity contribution >= 4 is 35.2 Å². The molecule has 0 aromatic rings. The van der Waals surface area contributed by atoms with Crippen molar-refractivity contribution in [1.29, 1.82) is 0 Å². The molecule has 17 heteroatoms. The summed E-state index contributed by atoms with van der Waals surface area (Å²) in [4.78, 5) is 73.5. The van der Waals surface area contributed by atoms with Gasteiger partial charge in [-0.2, -0.15) is 0 Å². The van der Waals surface area contributed by atoms with Gasteiger partial charge in [0.15, 0.2) is 5.78 Å². The van der Waals surface area contributed by atoms with Gasteiger partial charge in [-0.1, -0.05) is 27.7 Å². The van der Waals surface area contributed by atoms with Crippen molar-refractivity contribution in [3.63, 3.8) is 0 Å². The largest absolute Gasteiger partial charge is 0.379 e. The molecule has 1 fully saturated rings. The Balaban J connectivity index is 1.79. The van der Waals surface area contributed by atoms with Crippen LogP contribution in [0.3, 0.4) is 0 Å². The van der Waals surface area contributed by atoms with Crippen molar-refractivity contribution < 1.29 is 66.7 Å². The van der Waals surface area contributed by atoms with Crippen LogP contribution in [-0.4, -0.2) is 165 Å². The first-order chi connectivity index (χ1) is 26.5. The Morgan fingerprint density at radius 2 is 1.11 bits per heavy atom. The fourth-order valence-electron chi connectivity index (χ4n) is 5.16. The number of hydrogen-bond acceptors (Lipinski definition) is 14. The van der Waals surface area contributed by atoms with Crippen molar-refractivity contribution in [1.82, 2.24) is 15.5 Å². The van der Waals surface area contributed by atoms with Gasteiger partial charge in [0, 0.05) is 57.0 Å². The fraction of sp³-hybridized carbons (Fsp3) is 0.842. The Hall–Kier alpha value is -2.90. The van der Waals surface area contributed by atoms with E-state index in [2.05, 4.69) is 10.6 Å². The Bertz CT molecular complexity index is 1110. The van der Waals surface area contributed by atoms with E-state index in [1.165, 1.54) is 0 Å². The predicted octanol–water partition coefficient (Wildman–Crippen LogP) is 1.13. The number of ketones is 2. The van der Waals surface area contributed by atoms with E-state index < -0.39 is 12.0 Å². The Morgan fingerprint density at radius 3 is 1.51 bits per heavy atom. The van der Waals surface area contributed by atoms with Crippen molar-refractivity contribution in [3.8, 4) is 0 Å². The van der Waals surface area contributed by atoms with Crippen LogP contribution in [-0.2, 0) is 66.7 Å². The molecule has 0 aliphatic carbocycles. The summed E-state index contributed by atoms with van der Waals surface area (Å²) in [7, 11) is 0. The van der Waals surface area contributed by atoms with Crippen LogP contribution < -0.4 is 10.6 Å². The van der Waals surface area contributed by atoms with Crippen molar-refractivity contribution in [2.24, 2.45) is 17.8 Å². The highest BCUT2D eigenvalue weighted by Crippen LogP contribution is 2.19. The van der Waals surface area contributed by atoms with Gasteiger partial charge in [0.05, 0.1) is 112 Å². The zero-order chi connectivity index (χ0) is 40.7. The molecular weight excluding hydrogens is 722 g/mol. The maximum atomic E-state index is 12.6. The first-order valence-corrected chi connectivity index (χ1v) is 19.5. The number of nitrogens with zero attached hydrogens (tertiary/aromatic N) is 1. The van der Waals surface area contributed by atoms with Crippen LogP contribution in [0, 0.1) is 17.8 Å². The Kier molecular flexibility index (Phi) is 29.4. The molecular formula is C38H67N3O14. The van der Waals surface area contributed by atoms with Crippen LogP contribution in [0.4, 0.5) is 0 Å². The van der Waals surface area contributed by atoms with Gasteiger partial charge in [-0.15, -0.1) is 0 Å². The molecule has 1 unspecified atom stereocenters. The van der Waals surface area contributed by atoms with E-state index in [-0.39, 0.29) is 85.9 Å². The highest BCUT2D eigenvalue weighted by atomic mass is 16.6. The molecule has 4 amide bonds. The lowest BCUT2D eigenvalue weighted by molar-refractivity contribution is -0.139. The van der Waals surface area contributed by atoms with Crippen molar-refractivity contribution in [2.75, 3.05) is 119 Å². The molecule has 0 saturated carbocycles. The summed E-state index contributed by atoms with van der Waals surface area (Å²) in [5.41, 5.74) is 0. The second kappa shape index (κ2) is 32.2. The summed E-state index contributed by atoms with van der Waals surface area (Å²) < 4.78 is 43.7. The molecule has 1 aliphatic rings. The molecule has 17 nitrogen and oxygen atoms in total. The van der Waals surface area contributed by atoms with E-state index in [0.717, 1.165) is 4.90 Å². The Morgan fingerprint density at radius 1 is 0.673 bits per heavy atom. The van der Waals surface area contributed by atoms with Crippen molar-refractivity contribution in [2.45, 2.75) is 72.8 Å². The molecule has 3 atom stereocenters. The summed E-state index contributed by atoms with van der Waals surface area (Å²) in [6.07, 6.45) is 0.956. The number of hydrogen-bond donors (Lipinski definition) is 2. The standard InChI is InChI=1S/C38H67N3O14/c1-6-34(43)31(5)40-37(46)33(29(2)3)28-32(42)8-11-48-13-15-50-17-19-52-21-23-54-25-26-55-24-22-53-20-18-51-16-14-49-12-9-39-35(44)7-10-41-36(45)27-30(4)38(41)47/h29-31,33H,6-28H2,1-5H3,(H,39,44)(H,40,46)/t30?,31-,33-/m0/s1. The molecule has 55 heavy (non-hydrogen) atoms. The van der Waals surface area contributed by atoms with Crippen LogP contribution in [0.15, 0.2) is 0 Å². The second-order valence-corrected chi connectivity index (χ2v) is 13.4. The number of nitrogens with one attached hydrogen (secondary N) is 2. The first-order valence-electron chi connectivity index (χ1n) is 19.5. The van der Waals surface area contributed by atoms with Crippen LogP contribution in [0.25, 0.3) is 0 Å². The lowest BCUT2D eigenvalue weighted by Crippen LogP contribution is -2.43. The summed E-state index contributed by atoms with van der Waals surface area (Å²) >= 11 is 0. The minimum absolute atomic E-state index is 0.0317. The molecule has 1 rings (SSSR count). The Labute approximate surface area is 326 Å². The highest BCUT2D eigenvalue weighted by molar-refractivity contribution is 6.03. The topological polar surface area (TPSA) is 204 Å². The number of Topliss-reactive ketones (excluding diaryl/α,β-unsaturated/α-hetero) is 2. The number of carbonyl (C=O) groups excluding carboxylic acids is 6. The van der Waals surface area contributed by atoms with Crippen LogP contribution in [0.2, 0.25) is 0 Å². The monoisotopic (exact) mass is 789 g/mol. The van der Waals surface area contributed by atoms with Crippen LogP contribution >= 0.6 is 0 Å². The lowest BCUT2D eigenvalue weighted by Gasteiger charge is -2.22. The van der Waals surface area contributed by atoms with E-state index in [4.69, 9.17) is 37.9 Å². The molecule has 1 saturated heterocycles. The highest BCUT2D eigenvalue weighted by Gasteiger charge is 2.35. The number of amides is 4. The molecule has 1 aliphatic heterocycles. The van der Waals surface area contributed by atoms with Gasteiger partial charge in [0.2, 0.25) is 23.6 Å². The summed E-state index contributed by atoms with van der Waals surface area (Å²) in [6.45, 7) is 15.7. The number of rotatable bonds is 37. The van der Waals surface area contributed by atoms with Gasteiger partial charge < -0.3 is 48.5 Å². The molecule has 0 spiro atoms. The predicted molar refractivity (Wildman–Crippen MR) is 200 cm³/mol. The van der Waals surface area contributed by atoms with Gasteiger partial charge in [-0.3, -0.25) is 33.7 Å². The maximum absolute atomic E-state index is 12.6. The van der Waals surface area contributed by atoms with Gasteiger partial charge >= 0.3 is 0 Å². The SMILES string of the molecule is CCC(=O)[C@H](C)NC(=O)[C@@H](CC(=O)CCOCCOCCOCCOCCOCCOCCOCCOCCNC(=O)CCN1C(=O)CC(C)C1=O)C(C)C. The van der Waals surface area contributed by atoms with E-state index in [1.807, 2.05) is 13.8 Å². The van der Waals surface area contributed by atoms with Crippen LogP contribution in [0.1, 0.15) is 66.7 Å². The number of ether oxygens (including phenoxy) is 8. The van der Waals surface area contributed by atoms with Gasteiger partial charge in [0.1, 0.15) is 5.78 Å². The molecule has 318 valence electrons. The normalized spacial score (nSPS) is 15.5. The third-order valence-electron chi connectivity index (χ3n) is 8.51. The zero-order valence-electron chi connectivity index (χ0n) is 33.7. The molecule has 1 heterocycles. The number of imide groups is 1. The molecule has 2 N–H and O–H groups in total. The zero-order valence-corrected chi connectivity index (χ0v) is 33.7. The minimum Gasteiger partial charge on any atom is -0.379 e. The first kappa shape index (κ1) is 50.1. The van der Waals surface area contributed by atoms with Gasteiger partial charge in [-0.05, 0) is 12.8 Å².